The Morgan fingerprint density at radius 3 is 2.55 bits per heavy atom. The van der Waals surface area contributed by atoms with Gasteiger partial charge in [-0.3, -0.25) is 9.48 Å². The van der Waals surface area contributed by atoms with Crippen molar-refractivity contribution in [3.05, 3.63) is 29.8 Å². The average Bonchev–Trinajstić information content (AvgIpc) is 3.04. The third kappa shape index (κ3) is 2.99. The summed E-state index contributed by atoms with van der Waals surface area (Å²) in [6.07, 6.45) is 3.03. The number of rotatable bonds is 5. The number of aromatic nitrogens is 5. The maximum Gasteiger partial charge on any atom is 0.358 e. The fourth-order valence-corrected chi connectivity index (χ4v) is 1.54. The van der Waals surface area contributed by atoms with E-state index in [0.29, 0.717) is 18.8 Å². The lowest BCUT2D eigenvalue weighted by Gasteiger charge is -2.07. The minimum atomic E-state index is -1.12. The van der Waals surface area contributed by atoms with Gasteiger partial charge in [0, 0.05) is 20.3 Å². The molecular weight excluding hydrogens is 264 g/mol. The zero-order valence-electron chi connectivity index (χ0n) is 11.1. The molecule has 9 nitrogen and oxygen atoms in total. The molecule has 0 atom stereocenters. The Hall–Kier alpha value is -2.71. The van der Waals surface area contributed by atoms with E-state index in [1.165, 1.54) is 15.8 Å². The summed E-state index contributed by atoms with van der Waals surface area (Å²) in [6, 6.07) is 1.63. The monoisotopic (exact) mass is 278 g/mol. The maximum absolute atomic E-state index is 11.7. The van der Waals surface area contributed by atoms with Crippen LogP contribution in [0.1, 0.15) is 21.0 Å². The van der Waals surface area contributed by atoms with Crippen LogP contribution in [0.5, 0.6) is 0 Å². The molecule has 0 aliphatic rings. The summed E-state index contributed by atoms with van der Waals surface area (Å²) in [6.45, 7) is 0.876. The minimum absolute atomic E-state index is 0.103. The van der Waals surface area contributed by atoms with Crippen molar-refractivity contribution in [1.29, 1.82) is 0 Å². The van der Waals surface area contributed by atoms with E-state index in [1.807, 2.05) is 0 Å². The van der Waals surface area contributed by atoms with Crippen molar-refractivity contribution in [2.45, 2.75) is 13.1 Å². The van der Waals surface area contributed by atoms with Gasteiger partial charge < -0.3 is 10.0 Å². The van der Waals surface area contributed by atoms with Crippen molar-refractivity contribution >= 4 is 11.9 Å². The van der Waals surface area contributed by atoms with Gasteiger partial charge in [0.25, 0.3) is 5.91 Å². The summed E-state index contributed by atoms with van der Waals surface area (Å²) in [5, 5.41) is 20.1. The molecule has 2 heterocycles. The standard InChI is InChI=1S/C11H14N6O3/c1-15(2)10(18)8-3-4-16(13-8)5-6-17-7-9(11(19)20)12-14-17/h3-4,7H,5-6H2,1-2H3,(H,19,20). The topological polar surface area (TPSA) is 106 Å². The molecule has 0 bridgehead atoms. The second-order valence-corrected chi connectivity index (χ2v) is 4.34. The van der Waals surface area contributed by atoms with Crippen LogP contribution < -0.4 is 0 Å². The van der Waals surface area contributed by atoms with E-state index in [0.717, 1.165) is 0 Å². The van der Waals surface area contributed by atoms with Crippen molar-refractivity contribution in [3.8, 4) is 0 Å². The van der Waals surface area contributed by atoms with Crippen molar-refractivity contribution in [3.63, 3.8) is 0 Å². The molecule has 2 aromatic heterocycles. The van der Waals surface area contributed by atoms with E-state index in [-0.39, 0.29) is 11.6 Å². The molecule has 20 heavy (non-hydrogen) atoms. The molecule has 0 unspecified atom stereocenters. The molecule has 0 aliphatic carbocycles. The molecule has 0 radical (unpaired) electrons. The van der Waals surface area contributed by atoms with Crippen LogP contribution in [0, 0.1) is 0 Å². The lowest BCUT2D eigenvalue weighted by Crippen LogP contribution is -2.22. The van der Waals surface area contributed by atoms with Crippen LogP contribution >= 0.6 is 0 Å². The Balaban J connectivity index is 1.97. The number of carbonyl (C=O) groups excluding carboxylic acids is 1. The van der Waals surface area contributed by atoms with Crippen molar-refractivity contribution in [2.75, 3.05) is 14.1 Å². The van der Waals surface area contributed by atoms with Gasteiger partial charge in [0.05, 0.1) is 19.3 Å². The number of aryl methyl sites for hydroxylation is 2. The largest absolute Gasteiger partial charge is 0.476 e. The highest BCUT2D eigenvalue weighted by Gasteiger charge is 2.12. The Morgan fingerprint density at radius 1 is 1.25 bits per heavy atom. The highest BCUT2D eigenvalue weighted by Crippen LogP contribution is 2.00. The molecule has 2 rings (SSSR count). The summed E-state index contributed by atoms with van der Waals surface area (Å²) >= 11 is 0. The van der Waals surface area contributed by atoms with E-state index in [4.69, 9.17) is 5.11 Å². The molecule has 0 saturated carbocycles. The van der Waals surface area contributed by atoms with Gasteiger partial charge in [0.2, 0.25) is 0 Å². The maximum atomic E-state index is 11.7. The van der Waals surface area contributed by atoms with E-state index < -0.39 is 5.97 Å². The number of amides is 1. The van der Waals surface area contributed by atoms with Crippen molar-refractivity contribution in [2.24, 2.45) is 0 Å². The predicted octanol–water partition coefficient (Wildman–Crippen LogP) is -0.425. The predicted molar refractivity (Wildman–Crippen MR) is 67.2 cm³/mol. The fraction of sp³-hybridized carbons (Fsp3) is 0.364. The SMILES string of the molecule is CN(C)C(=O)c1ccn(CCn2cc(C(=O)O)nn2)n1. The van der Waals surface area contributed by atoms with Crippen LogP contribution in [-0.2, 0) is 13.1 Å². The zero-order chi connectivity index (χ0) is 14.7. The molecule has 0 saturated heterocycles. The van der Waals surface area contributed by atoms with Crippen LogP contribution in [0.25, 0.3) is 0 Å². The van der Waals surface area contributed by atoms with Crippen LogP contribution in [0.2, 0.25) is 0 Å². The Labute approximate surface area is 114 Å². The summed E-state index contributed by atoms with van der Waals surface area (Å²) in [5.74, 6) is -1.29. The quantitative estimate of drug-likeness (QED) is 0.795. The highest BCUT2D eigenvalue weighted by molar-refractivity contribution is 5.91. The van der Waals surface area contributed by atoms with Gasteiger partial charge in [-0.1, -0.05) is 5.21 Å². The Kier molecular flexibility index (Phi) is 3.78. The van der Waals surface area contributed by atoms with Crippen LogP contribution in [-0.4, -0.2) is 60.8 Å². The van der Waals surface area contributed by atoms with E-state index in [9.17, 15) is 9.59 Å². The smallest absolute Gasteiger partial charge is 0.358 e. The zero-order valence-corrected chi connectivity index (χ0v) is 11.1. The third-order valence-corrected chi connectivity index (χ3v) is 2.58. The second kappa shape index (κ2) is 5.51. The molecule has 0 aromatic carbocycles. The average molecular weight is 278 g/mol. The Bertz CT molecular complexity index is 630. The number of nitrogens with zero attached hydrogens (tertiary/aromatic N) is 6. The van der Waals surface area contributed by atoms with Crippen LogP contribution in [0.3, 0.4) is 0 Å². The van der Waals surface area contributed by atoms with Crippen LogP contribution in [0.15, 0.2) is 18.5 Å². The number of carboxylic acid groups (broad SMARTS) is 1. The molecule has 1 amide bonds. The van der Waals surface area contributed by atoms with E-state index in [1.54, 1.807) is 31.0 Å². The lowest BCUT2D eigenvalue weighted by molar-refractivity contribution is 0.0689. The fourth-order valence-electron chi connectivity index (χ4n) is 1.54. The van der Waals surface area contributed by atoms with Crippen molar-refractivity contribution < 1.29 is 14.7 Å². The van der Waals surface area contributed by atoms with Crippen molar-refractivity contribution in [1.82, 2.24) is 29.7 Å². The number of hydrogen-bond donors (Lipinski definition) is 1. The molecule has 1 N–H and O–H groups in total. The van der Waals surface area contributed by atoms with Crippen LogP contribution in [0.4, 0.5) is 0 Å². The van der Waals surface area contributed by atoms with Gasteiger partial charge in [-0.2, -0.15) is 5.10 Å². The molecule has 106 valence electrons. The molecule has 0 aliphatic heterocycles. The first kappa shape index (κ1) is 13.7. The van der Waals surface area contributed by atoms with Gasteiger partial charge in [-0.25, -0.2) is 9.48 Å². The first-order valence-corrected chi connectivity index (χ1v) is 5.86. The minimum Gasteiger partial charge on any atom is -0.476 e. The molecule has 0 spiro atoms. The summed E-state index contributed by atoms with van der Waals surface area (Å²) < 4.78 is 3.01. The third-order valence-electron chi connectivity index (χ3n) is 2.58. The first-order chi connectivity index (χ1) is 9.47. The number of carbonyl (C=O) groups is 2. The van der Waals surface area contributed by atoms with Gasteiger partial charge >= 0.3 is 5.97 Å². The van der Waals surface area contributed by atoms with Gasteiger partial charge in [-0.05, 0) is 6.07 Å². The highest BCUT2D eigenvalue weighted by atomic mass is 16.4. The summed E-state index contributed by atoms with van der Waals surface area (Å²) in [5.41, 5.74) is 0.258. The Morgan fingerprint density at radius 2 is 1.95 bits per heavy atom. The van der Waals surface area contributed by atoms with Gasteiger partial charge in [0.1, 0.15) is 5.69 Å². The molecule has 2 aromatic rings. The molecule has 9 heteroatoms. The number of aromatic carboxylic acids is 1. The summed E-state index contributed by atoms with van der Waals surface area (Å²) in [7, 11) is 3.31. The lowest BCUT2D eigenvalue weighted by atomic mass is 10.4. The number of carboxylic acids is 1. The molecular formula is C11H14N6O3. The van der Waals surface area contributed by atoms with Gasteiger partial charge in [0.15, 0.2) is 5.69 Å². The van der Waals surface area contributed by atoms with Gasteiger partial charge in [-0.15, -0.1) is 5.10 Å². The molecule has 0 fully saturated rings. The normalized spacial score (nSPS) is 10.5. The number of hydrogen-bond acceptors (Lipinski definition) is 5. The first-order valence-electron chi connectivity index (χ1n) is 5.86. The van der Waals surface area contributed by atoms with E-state index in [2.05, 4.69) is 15.4 Å². The van der Waals surface area contributed by atoms with E-state index >= 15 is 0 Å². The summed E-state index contributed by atoms with van der Waals surface area (Å²) in [4.78, 5) is 23.8. The second-order valence-electron chi connectivity index (χ2n) is 4.34.